The van der Waals surface area contributed by atoms with Crippen molar-refractivity contribution in [3.63, 3.8) is 0 Å². The van der Waals surface area contributed by atoms with Crippen molar-refractivity contribution in [1.82, 2.24) is 0 Å². The SMILES string of the molecule is O=S(=O)(Oc1cc2c(cc1I)C1C=CC2O1)C(F)(F)F. The number of benzene rings is 1. The van der Waals surface area contributed by atoms with E-state index in [1.807, 2.05) is 6.08 Å². The van der Waals surface area contributed by atoms with Crippen LogP contribution in [0.15, 0.2) is 24.3 Å². The molecule has 0 aliphatic carbocycles. The van der Waals surface area contributed by atoms with Crippen molar-refractivity contribution in [2.45, 2.75) is 17.7 Å². The van der Waals surface area contributed by atoms with Crippen LogP contribution in [-0.2, 0) is 14.9 Å². The zero-order valence-corrected chi connectivity index (χ0v) is 12.5. The van der Waals surface area contributed by atoms with Gasteiger partial charge in [-0.2, -0.15) is 21.6 Å². The molecule has 0 saturated carbocycles. The van der Waals surface area contributed by atoms with Crippen LogP contribution in [-0.4, -0.2) is 13.9 Å². The largest absolute Gasteiger partial charge is 0.534 e. The molecule has 9 heteroatoms. The molecular weight excluding hydrogens is 412 g/mol. The molecule has 2 aliphatic rings. The molecule has 2 unspecified atom stereocenters. The topological polar surface area (TPSA) is 52.6 Å². The van der Waals surface area contributed by atoms with Crippen molar-refractivity contribution in [3.8, 4) is 5.75 Å². The van der Waals surface area contributed by atoms with E-state index in [9.17, 15) is 21.6 Å². The van der Waals surface area contributed by atoms with E-state index >= 15 is 0 Å². The van der Waals surface area contributed by atoms with Gasteiger partial charge in [-0.05, 0) is 45.9 Å². The number of hydrogen-bond acceptors (Lipinski definition) is 4. The lowest BCUT2D eigenvalue weighted by atomic mass is 9.97. The maximum absolute atomic E-state index is 12.3. The second-order valence-corrected chi connectivity index (χ2v) is 6.96. The van der Waals surface area contributed by atoms with Crippen molar-refractivity contribution in [3.05, 3.63) is 39.0 Å². The summed E-state index contributed by atoms with van der Waals surface area (Å²) < 4.78 is 69.0. The predicted molar refractivity (Wildman–Crippen MR) is 70.5 cm³/mol. The van der Waals surface area contributed by atoms with E-state index in [1.54, 1.807) is 34.7 Å². The molecule has 2 bridgehead atoms. The number of ether oxygens (including phenoxy) is 1. The van der Waals surface area contributed by atoms with E-state index in [0.717, 1.165) is 5.56 Å². The molecule has 2 atom stereocenters. The molecule has 3 rings (SSSR count). The zero-order chi connectivity index (χ0) is 14.7. The monoisotopic (exact) mass is 418 g/mol. The van der Waals surface area contributed by atoms with Gasteiger partial charge < -0.3 is 8.92 Å². The lowest BCUT2D eigenvalue weighted by Gasteiger charge is -2.14. The summed E-state index contributed by atoms with van der Waals surface area (Å²) in [6, 6.07) is 2.86. The molecule has 0 aromatic heterocycles. The Morgan fingerprint density at radius 2 is 1.70 bits per heavy atom. The van der Waals surface area contributed by atoms with Crippen LogP contribution in [0.2, 0.25) is 0 Å². The Kier molecular flexibility index (Phi) is 3.07. The van der Waals surface area contributed by atoms with E-state index in [1.165, 1.54) is 6.07 Å². The normalized spacial score (nSPS) is 24.0. The first-order valence-corrected chi connectivity index (χ1v) is 7.85. The summed E-state index contributed by atoms with van der Waals surface area (Å²) in [5.74, 6) is -0.341. The molecule has 0 radical (unpaired) electrons. The summed E-state index contributed by atoms with van der Waals surface area (Å²) in [5, 5.41) is 0. The van der Waals surface area contributed by atoms with E-state index in [2.05, 4.69) is 4.18 Å². The first-order chi connectivity index (χ1) is 9.19. The van der Waals surface area contributed by atoms with Crippen LogP contribution in [0.3, 0.4) is 0 Å². The number of alkyl halides is 3. The molecule has 4 nitrogen and oxygen atoms in total. The van der Waals surface area contributed by atoms with Gasteiger partial charge in [0.2, 0.25) is 0 Å². The van der Waals surface area contributed by atoms with Crippen LogP contribution in [0.25, 0.3) is 0 Å². The lowest BCUT2D eigenvalue weighted by molar-refractivity contribution is -0.0500. The highest BCUT2D eigenvalue weighted by atomic mass is 127. The standard InChI is InChI=1S/C11H6F3IO4S/c12-11(13,14)20(16,17)19-10-4-6-5(3-7(10)15)8-1-2-9(6)18-8/h1-4,8-9H. The van der Waals surface area contributed by atoms with Crippen molar-refractivity contribution in [2.75, 3.05) is 0 Å². The average Bonchev–Trinajstić information content (AvgIpc) is 2.89. The molecule has 0 amide bonds. The lowest BCUT2D eigenvalue weighted by Crippen LogP contribution is -2.28. The third kappa shape index (κ3) is 2.11. The van der Waals surface area contributed by atoms with Crippen LogP contribution in [0.4, 0.5) is 13.2 Å². The van der Waals surface area contributed by atoms with Gasteiger partial charge in [-0.25, -0.2) is 0 Å². The van der Waals surface area contributed by atoms with E-state index in [-0.39, 0.29) is 21.5 Å². The maximum atomic E-state index is 12.3. The summed E-state index contributed by atoms with van der Waals surface area (Å²) >= 11 is 1.73. The molecule has 108 valence electrons. The third-order valence-corrected chi connectivity index (χ3v) is 4.80. The maximum Gasteiger partial charge on any atom is 0.534 e. The quantitative estimate of drug-likeness (QED) is 0.321. The van der Waals surface area contributed by atoms with Crippen LogP contribution < -0.4 is 4.18 Å². The molecule has 0 saturated heterocycles. The van der Waals surface area contributed by atoms with Crippen LogP contribution in [0.5, 0.6) is 5.75 Å². The Morgan fingerprint density at radius 1 is 1.15 bits per heavy atom. The zero-order valence-electron chi connectivity index (χ0n) is 9.52. The van der Waals surface area contributed by atoms with E-state index in [0.29, 0.717) is 5.56 Å². The molecule has 0 spiro atoms. The highest BCUT2D eigenvalue weighted by Gasteiger charge is 2.49. The van der Waals surface area contributed by atoms with Gasteiger partial charge in [-0.3, -0.25) is 0 Å². The van der Waals surface area contributed by atoms with Gasteiger partial charge >= 0.3 is 15.6 Å². The molecule has 1 aromatic rings. The summed E-state index contributed by atoms with van der Waals surface area (Å²) in [4.78, 5) is 0. The van der Waals surface area contributed by atoms with Crippen molar-refractivity contribution in [2.24, 2.45) is 0 Å². The van der Waals surface area contributed by atoms with Gasteiger partial charge in [0, 0.05) is 0 Å². The highest BCUT2D eigenvalue weighted by Crippen LogP contribution is 2.48. The van der Waals surface area contributed by atoms with Gasteiger partial charge in [-0.1, -0.05) is 12.2 Å². The summed E-state index contributed by atoms with van der Waals surface area (Å²) in [6.45, 7) is 0. The summed E-state index contributed by atoms with van der Waals surface area (Å²) in [7, 11) is -5.67. The molecule has 20 heavy (non-hydrogen) atoms. The Balaban J connectivity index is 2.00. The molecular formula is C11H6F3IO4S. The average molecular weight is 418 g/mol. The molecule has 1 aromatic carbocycles. The summed E-state index contributed by atoms with van der Waals surface area (Å²) in [5.41, 5.74) is -4.01. The minimum absolute atomic E-state index is 0.225. The fraction of sp³-hybridized carbons (Fsp3) is 0.273. The molecule has 0 fully saturated rings. The fourth-order valence-corrected chi connectivity index (χ4v) is 3.33. The van der Waals surface area contributed by atoms with Crippen molar-refractivity contribution in [1.29, 1.82) is 0 Å². The molecule has 0 N–H and O–H groups in total. The van der Waals surface area contributed by atoms with E-state index in [4.69, 9.17) is 4.74 Å². The Hall–Kier alpha value is -0.810. The van der Waals surface area contributed by atoms with Crippen LogP contribution in [0.1, 0.15) is 23.3 Å². The van der Waals surface area contributed by atoms with Crippen LogP contribution in [0, 0.1) is 3.57 Å². The molecule has 2 aliphatic heterocycles. The number of rotatable bonds is 2. The van der Waals surface area contributed by atoms with E-state index < -0.39 is 15.6 Å². The first kappa shape index (κ1) is 14.1. The van der Waals surface area contributed by atoms with Gasteiger partial charge in [0.1, 0.15) is 12.2 Å². The Labute approximate surface area is 125 Å². The first-order valence-electron chi connectivity index (χ1n) is 5.37. The highest BCUT2D eigenvalue weighted by molar-refractivity contribution is 14.1. The van der Waals surface area contributed by atoms with Gasteiger partial charge in [0.25, 0.3) is 0 Å². The van der Waals surface area contributed by atoms with Gasteiger partial charge in [0.15, 0.2) is 5.75 Å². The smallest absolute Gasteiger partial charge is 0.375 e. The number of fused-ring (bicyclic) bond motifs is 5. The number of halogens is 4. The Morgan fingerprint density at radius 3 is 2.25 bits per heavy atom. The summed E-state index contributed by atoms with van der Waals surface area (Å²) in [6.07, 6.45) is 3.03. The second-order valence-electron chi connectivity index (χ2n) is 4.26. The number of hydrogen-bond donors (Lipinski definition) is 0. The van der Waals surface area contributed by atoms with Crippen molar-refractivity contribution < 1.29 is 30.5 Å². The van der Waals surface area contributed by atoms with Crippen molar-refractivity contribution >= 4 is 32.7 Å². The Bertz CT molecular complexity index is 711. The fourth-order valence-electron chi connectivity index (χ4n) is 2.11. The second kappa shape index (κ2) is 4.34. The third-order valence-electron chi connectivity index (χ3n) is 2.99. The minimum atomic E-state index is -5.67. The van der Waals surface area contributed by atoms with Crippen LogP contribution >= 0.6 is 22.6 Å². The van der Waals surface area contributed by atoms with Gasteiger partial charge in [-0.15, -0.1) is 0 Å². The van der Waals surface area contributed by atoms with Gasteiger partial charge in [0.05, 0.1) is 3.57 Å². The minimum Gasteiger partial charge on any atom is -0.375 e. The molecule has 2 heterocycles. The predicted octanol–water partition coefficient (Wildman–Crippen LogP) is 3.20.